The summed E-state index contributed by atoms with van der Waals surface area (Å²) in [5.74, 6) is -1.37. The molecular weight excluding hydrogens is 269 g/mol. The number of carbonyl (C=O) groups is 1. The molecular formula is C14H19ClFNO2. The second-order valence-electron chi connectivity index (χ2n) is 5.62. The molecule has 0 saturated carbocycles. The number of carboxylic acids is 1. The molecule has 0 unspecified atom stereocenters. The first kappa shape index (κ1) is 15.9. The van der Waals surface area contributed by atoms with E-state index < -0.39 is 22.7 Å². The van der Waals surface area contributed by atoms with Crippen LogP contribution in [0.15, 0.2) is 18.2 Å². The average Bonchev–Trinajstić information content (AvgIpc) is 2.30. The fraction of sp³-hybridized carbons (Fsp3) is 0.500. The normalized spacial score (nSPS) is 12.5. The molecule has 106 valence electrons. The van der Waals surface area contributed by atoms with E-state index in [2.05, 4.69) is 5.32 Å². The largest absolute Gasteiger partial charge is 0.481 e. The van der Waals surface area contributed by atoms with Gasteiger partial charge in [-0.05, 0) is 39.3 Å². The number of carboxylic acid groups (broad SMARTS) is 1. The third kappa shape index (κ3) is 3.25. The molecule has 1 rings (SSSR count). The molecule has 3 nitrogen and oxygen atoms in total. The molecule has 19 heavy (non-hydrogen) atoms. The van der Waals surface area contributed by atoms with Crippen molar-refractivity contribution in [3.63, 3.8) is 0 Å². The summed E-state index contributed by atoms with van der Waals surface area (Å²) in [5.41, 5.74) is -1.03. The molecule has 0 atom stereocenters. The Bertz CT molecular complexity index is 486. The molecule has 0 spiro atoms. The number of benzene rings is 1. The Balaban J connectivity index is 2.87. The van der Waals surface area contributed by atoms with Crippen LogP contribution in [0.3, 0.4) is 0 Å². The van der Waals surface area contributed by atoms with Crippen molar-refractivity contribution in [2.45, 2.75) is 39.8 Å². The van der Waals surface area contributed by atoms with E-state index in [1.807, 2.05) is 0 Å². The highest BCUT2D eigenvalue weighted by molar-refractivity contribution is 6.31. The summed E-state index contributed by atoms with van der Waals surface area (Å²) in [5, 5.41) is 12.4. The second-order valence-corrected chi connectivity index (χ2v) is 6.00. The molecule has 5 heteroatoms. The number of rotatable bonds is 5. The van der Waals surface area contributed by atoms with Gasteiger partial charge in [-0.15, -0.1) is 0 Å². The Morgan fingerprint density at radius 2 is 1.95 bits per heavy atom. The van der Waals surface area contributed by atoms with Crippen molar-refractivity contribution in [3.8, 4) is 0 Å². The van der Waals surface area contributed by atoms with Gasteiger partial charge in [0.05, 0.1) is 10.4 Å². The molecule has 0 aliphatic carbocycles. The summed E-state index contributed by atoms with van der Waals surface area (Å²) in [4.78, 5) is 11.3. The fourth-order valence-corrected chi connectivity index (χ4v) is 1.68. The van der Waals surface area contributed by atoms with Crippen LogP contribution in [0.1, 0.15) is 33.3 Å². The molecule has 0 aliphatic heterocycles. The van der Waals surface area contributed by atoms with Crippen molar-refractivity contribution in [2.75, 3.05) is 0 Å². The molecule has 0 heterocycles. The van der Waals surface area contributed by atoms with Crippen LogP contribution in [0, 0.1) is 11.2 Å². The highest BCUT2D eigenvalue weighted by Gasteiger charge is 2.43. The molecule has 0 saturated heterocycles. The zero-order valence-electron chi connectivity index (χ0n) is 11.6. The summed E-state index contributed by atoms with van der Waals surface area (Å²) in [7, 11) is 0. The van der Waals surface area contributed by atoms with E-state index in [1.54, 1.807) is 39.8 Å². The monoisotopic (exact) mass is 287 g/mol. The van der Waals surface area contributed by atoms with Crippen molar-refractivity contribution >= 4 is 17.6 Å². The van der Waals surface area contributed by atoms with Gasteiger partial charge in [-0.25, -0.2) is 4.39 Å². The molecule has 1 aromatic carbocycles. The van der Waals surface area contributed by atoms with Crippen LogP contribution < -0.4 is 5.32 Å². The maximum Gasteiger partial charge on any atom is 0.310 e. The third-order valence-electron chi connectivity index (χ3n) is 3.85. The molecule has 0 bridgehead atoms. The molecule has 1 aromatic rings. The number of nitrogens with one attached hydrogen (secondary N) is 1. The van der Waals surface area contributed by atoms with Gasteiger partial charge in [0.15, 0.2) is 0 Å². The maximum absolute atomic E-state index is 13.3. The van der Waals surface area contributed by atoms with Gasteiger partial charge >= 0.3 is 5.97 Å². The SMILES string of the molecule is CC(C)(NCc1cccc(F)c1Cl)C(C)(C)C(=O)O. The van der Waals surface area contributed by atoms with Crippen LogP contribution in [-0.4, -0.2) is 16.6 Å². The molecule has 0 amide bonds. The predicted molar refractivity (Wildman–Crippen MR) is 73.7 cm³/mol. The van der Waals surface area contributed by atoms with Gasteiger partial charge in [0.1, 0.15) is 5.82 Å². The summed E-state index contributed by atoms with van der Waals surface area (Å²) < 4.78 is 13.3. The van der Waals surface area contributed by atoms with E-state index in [9.17, 15) is 14.3 Å². The van der Waals surface area contributed by atoms with Gasteiger partial charge in [-0.3, -0.25) is 4.79 Å². The van der Waals surface area contributed by atoms with Crippen LogP contribution in [0.4, 0.5) is 4.39 Å². The Labute approximate surface area is 117 Å². The van der Waals surface area contributed by atoms with E-state index in [-0.39, 0.29) is 5.02 Å². The third-order valence-corrected chi connectivity index (χ3v) is 4.27. The lowest BCUT2D eigenvalue weighted by Gasteiger charge is -2.39. The first-order valence-corrected chi connectivity index (χ1v) is 6.38. The Kier molecular flexibility index (Phi) is 4.59. The summed E-state index contributed by atoms with van der Waals surface area (Å²) in [6.07, 6.45) is 0. The Morgan fingerprint density at radius 3 is 2.47 bits per heavy atom. The van der Waals surface area contributed by atoms with E-state index >= 15 is 0 Å². The van der Waals surface area contributed by atoms with Crippen molar-refractivity contribution in [1.82, 2.24) is 5.32 Å². The minimum absolute atomic E-state index is 0.0685. The Hall–Kier alpha value is -1.13. The fourth-order valence-electron chi connectivity index (χ4n) is 1.49. The van der Waals surface area contributed by atoms with Gasteiger partial charge in [0.25, 0.3) is 0 Å². The van der Waals surface area contributed by atoms with Gasteiger partial charge in [0, 0.05) is 12.1 Å². The lowest BCUT2D eigenvalue weighted by molar-refractivity contribution is -0.151. The number of hydrogen-bond acceptors (Lipinski definition) is 2. The molecule has 0 aliphatic rings. The minimum Gasteiger partial charge on any atom is -0.481 e. The van der Waals surface area contributed by atoms with Gasteiger partial charge in [-0.2, -0.15) is 0 Å². The van der Waals surface area contributed by atoms with Gasteiger partial charge < -0.3 is 10.4 Å². The van der Waals surface area contributed by atoms with E-state index in [0.717, 1.165) is 0 Å². The van der Waals surface area contributed by atoms with Crippen molar-refractivity contribution < 1.29 is 14.3 Å². The molecule has 0 radical (unpaired) electrons. The maximum atomic E-state index is 13.3. The highest BCUT2D eigenvalue weighted by Crippen LogP contribution is 2.31. The van der Waals surface area contributed by atoms with E-state index in [0.29, 0.717) is 12.1 Å². The lowest BCUT2D eigenvalue weighted by atomic mass is 9.74. The van der Waals surface area contributed by atoms with Gasteiger partial charge in [-0.1, -0.05) is 23.7 Å². The smallest absolute Gasteiger partial charge is 0.310 e. The van der Waals surface area contributed by atoms with Crippen LogP contribution in [-0.2, 0) is 11.3 Å². The first-order valence-electron chi connectivity index (χ1n) is 6.01. The van der Waals surface area contributed by atoms with Crippen LogP contribution >= 0.6 is 11.6 Å². The van der Waals surface area contributed by atoms with Crippen LogP contribution in [0.2, 0.25) is 5.02 Å². The molecule has 0 aromatic heterocycles. The lowest BCUT2D eigenvalue weighted by Crippen LogP contribution is -2.54. The molecule has 2 N–H and O–H groups in total. The van der Waals surface area contributed by atoms with Gasteiger partial charge in [0.2, 0.25) is 0 Å². The Morgan fingerprint density at radius 1 is 1.37 bits per heavy atom. The predicted octanol–water partition coefficient (Wildman–Crippen LogP) is 3.46. The quantitative estimate of drug-likeness (QED) is 0.872. The second kappa shape index (κ2) is 5.47. The summed E-state index contributed by atoms with van der Waals surface area (Å²) in [6, 6.07) is 4.58. The summed E-state index contributed by atoms with van der Waals surface area (Å²) >= 11 is 5.87. The van der Waals surface area contributed by atoms with E-state index in [4.69, 9.17) is 11.6 Å². The topological polar surface area (TPSA) is 49.3 Å². The minimum atomic E-state index is -0.965. The van der Waals surface area contributed by atoms with Crippen molar-refractivity contribution in [2.24, 2.45) is 5.41 Å². The molecule has 0 fully saturated rings. The van der Waals surface area contributed by atoms with E-state index in [1.165, 1.54) is 6.07 Å². The standard InChI is InChI=1S/C14H19ClFNO2/c1-13(2,12(18)19)14(3,4)17-8-9-6-5-7-10(16)11(9)15/h5-7,17H,8H2,1-4H3,(H,18,19). The van der Waals surface area contributed by atoms with Crippen LogP contribution in [0.5, 0.6) is 0 Å². The first-order chi connectivity index (χ1) is 8.59. The van der Waals surface area contributed by atoms with Crippen LogP contribution in [0.25, 0.3) is 0 Å². The van der Waals surface area contributed by atoms with Crippen molar-refractivity contribution in [1.29, 1.82) is 0 Å². The number of hydrogen-bond donors (Lipinski definition) is 2. The average molecular weight is 288 g/mol. The summed E-state index contributed by atoms with van der Waals surface area (Å²) in [6.45, 7) is 7.20. The van der Waals surface area contributed by atoms with Crippen molar-refractivity contribution in [3.05, 3.63) is 34.6 Å². The zero-order valence-corrected chi connectivity index (χ0v) is 12.3. The number of halogens is 2. The highest BCUT2D eigenvalue weighted by atomic mass is 35.5. The number of aliphatic carboxylic acids is 1. The zero-order chi connectivity index (χ0) is 14.8.